The van der Waals surface area contributed by atoms with Gasteiger partial charge in [0.2, 0.25) is 0 Å². The van der Waals surface area contributed by atoms with Crippen molar-refractivity contribution in [1.29, 1.82) is 0 Å². The second-order valence-electron chi connectivity index (χ2n) is 8.85. The van der Waals surface area contributed by atoms with Crippen LogP contribution in [0.25, 0.3) is 22.2 Å². The van der Waals surface area contributed by atoms with Gasteiger partial charge in [0.05, 0.1) is 6.04 Å². The molecule has 4 rings (SSSR count). The van der Waals surface area contributed by atoms with Crippen LogP contribution in [0.4, 0.5) is 0 Å². The molecule has 208 valence electrons. The molecule has 0 radical (unpaired) electrons. The van der Waals surface area contributed by atoms with Gasteiger partial charge in [-0.2, -0.15) is 0 Å². The maximum Gasteiger partial charge on any atom is 0.332 e. The molecule has 0 bridgehead atoms. The van der Waals surface area contributed by atoms with E-state index in [9.17, 15) is 29.8 Å². The van der Waals surface area contributed by atoms with E-state index in [0.29, 0.717) is 21.2 Å². The maximum absolute atomic E-state index is 13.3. The zero-order valence-corrected chi connectivity index (χ0v) is 21.9. The molecule has 0 unspecified atom stereocenters. The lowest BCUT2D eigenvalue weighted by molar-refractivity contribution is -0.155. The summed E-state index contributed by atoms with van der Waals surface area (Å²) in [7, 11) is 0. The van der Waals surface area contributed by atoms with E-state index in [1.807, 2.05) is 30.3 Å². The molecule has 0 aliphatic heterocycles. The van der Waals surface area contributed by atoms with Crippen LogP contribution in [0.2, 0.25) is 5.02 Å². The molecule has 0 saturated heterocycles. The summed E-state index contributed by atoms with van der Waals surface area (Å²) in [5.74, 6) is -2.90. The summed E-state index contributed by atoms with van der Waals surface area (Å²) in [4.78, 5) is 41.8. The summed E-state index contributed by atoms with van der Waals surface area (Å²) in [6.45, 7) is 0.768. The molecule has 0 saturated carbocycles. The van der Waals surface area contributed by atoms with Crippen LogP contribution in [0.15, 0.2) is 66.7 Å². The number of hydrogen-bond acceptors (Lipinski definition) is 9. The highest BCUT2D eigenvalue weighted by Gasteiger charge is 2.29. The van der Waals surface area contributed by atoms with Gasteiger partial charge in [0.1, 0.15) is 11.0 Å². The highest BCUT2D eigenvalue weighted by atomic mass is 35.5. The number of aliphatic hydroxyl groups is 1. The van der Waals surface area contributed by atoms with Gasteiger partial charge < -0.3 is 19.8 Å². The molecule has 4 aromatic rings. The number of aromatic nitrogens is 3. The van der Waals surface area contributed by atoms with Crippen molar-refractivity contribution in [3.05, 3.63) is 82.9 Å². The molecule has 13 heteroatoms. The lowest BCUT2D eigenvalue weighted by Gasteiger charge is -2.27. The Morgan fingerprint density at radius 1 is 1.05 bits per heavy atom. The van der Waals surface area contributed by atoms with E-state index in [-0.39, 0.29) is 17.5 Å². The second kappa shape index (κ2) is 12.6. The van der Waals surface area contributed by atoms with Gasteiger partial charge in [0.25, 0.3) is 12.7 Å². The first-order valence-corrected chi connectivity index (χ1v) is 12.4. The van der Waals surface area contributed by atoms with Gasteiger partial charge in [-0.05, 0) is 58.7 Å². The Morgan fingerprint density at radius 3 is 2.48 bits per heavy atom. The van der Waals surface area contributed by atoms with Crippen molar-refractivity contribution in [2.45, 2.75) is 31.9 Å². The minimum absolute atomic E-state index is 0.0146. The van der Waals surface area contributed by atoms with E-state index in [1.54, 1.807) is 18.2 Å². The largest absolute Gasteiger partial charge is 0.479 e. The smallest absolute Gasteiger partial charge is 0.332 e. The summed E-state index contributed by atoms with van der Waals surface area (Å²) >= 11 is 6.08. The summed E-state index contributed by atoms with van der Waals surface area (Å²) in [6.07, 6.45) is -2.20. The van der Waals surface area contributed by atoms with E-state index in [4.69, 9.17) is 21.2 Å². The third-order valence-electron chi connectivity index (χ3n) is 6.02. The molecule has 0 fully saturated rings. The fraction of sp³-hybridized carbons (Fsp3) is 0.222. The summed E-state index contributed by atoms with van der Waals surface area (Å²) in [5.41, 5.74) is 3.11. The molecule has 0 aliphatic carbocycles. The van der Waals surface area contributed by atoms with Crippen molar-refractivity contribution >= 4 is 40.5 Å². The van der Waals surface area contributed by atoms with Crippen LogP contribution in [0.3, 0.4) is 0 Å². The number of carboxylic acids is 1. The molecular weight excluding hydrogens is 544 g/mol. The normalized spacial score (nSPS) is 12.5. The highest BCUT2D eigenvalue weighted by molar-refractivity contribution is 6.30. The lowest BCUT2D eigenvalue weighted by atomic mass is 9.97. The lowest BCUT2D eigenvalue weighted by Crippen LogP contribution is -2.42. The highest BCUT2D eigenvalue weighted by Crippen LogP contribution is 2.24. The third-order valence-corrected chi connectivity index (χ3v) is 6.25. The number of hydrogen-bond donors (Lipinski definition) is 3. The number of benzene rings is 3. The second-order valence-corrected chi connectivity index (χ2v) is 9.29. The zero-order chi connectivity index (χ0) is 28.8. The number of rotatable bonds is 11. The number of nitrogens with zero attached hydrogens (tertiary/aromatic N) is 4. The van der Waals surface area contributed by atoms with E-state index >= 15 is 0 Å². The summed E-state index contributed by atoms with van der Waals surface area (Å²) < 4.78 is 4.72. The first kappa shape index (κ1) is 28.5. The van der Waals surface area contributed by atoms with Crippen LogP contribution < -0.4 is 4.84 Å². The Kier molecular flexibility index (Phi) is 8.94. The number of carbonyl (C=O) groups is 3. The Hall–Kier alpha value is -4.52. The molecule has 40 heavy (non-hydrogen) atoms. The van der Waals surface area contributed by atoms with Gasteiger partial charge >= 0.3 is 11.9 Å². The van der Waals surface area contributed by atoms with Crippen LogP contribution in [-0.2, 0) is 20.7 Å². The first-order chi connectivity index (χ1) is 19.1. The number of halogens is 1. The van der Waals surface area contributed by atoms with Gasteiger partial charge in [-0.3, -0.25) is 14.8 Å². The molecular formula is C27H25ClN4O8. The van der Waals surface area contributed by atoms with E-state index in [2.05, 4.69) is 10.3 Å². The summed E-state index contributed by atoms with van der Waals surface area (Å²) in [6, 6.07) is 17.7. The Labute approximate surface area is 232 Å². The van der Waals surface area contributed by atoms with E-state index < -0.39 is 43.2 Å². The number of aliphatic hydroxyl groups excluding tert-OH is 1. The first-order valence-electron chi connectivity index (χ1n) is 12.0. The van der Waals surface area contributed by atoms with Crippen molar-refractivity contribution in [2.75, 3.05) is 6.79 Å². The molecule has 3 N–H and O–H groups in total. The van der Waals surface area contributed by atoms with E-state index in [0.717, 1.165) is 16.0 Å². The molecule has 1 amide bonds. The number of carboxylic acid groups (broad SMARTS) is 1. The SMILES string of the molecule is CC(=O)OCOn1nnc2ccc(C(=O)N(O)[C@H](Cc3ccc(-c4cccc(Cl)c4)cc3)C[C@@H](O)C(=O)O)cc21. The standard InChI is InChI=1S/C27H25ClN4O8/c1-16(33)39-15-40-32-24-13-20(9-10-23(24)29-30-32)26(35)31(38)22(14-25(34)27(36)37)11-17-5-7-18(8-6-17)19-3-2-4-21(28)12-19/h2-10,12-13,22,25,34,38H,11,14-15H2,1H3,(H,36,37)/t22-,25-/m1/s1. The minimum Gasteiger partial charge on any atom is -0.479 e. The Bertz CT molecular complexity index is 1520. The van der Waals surface area contributed by atoms with Crippen molar-refractivity contribution < 1.29 is 39.4 Å². The van der Waals surface area contributed by atoms with Gasteiger partial charge in [0, 0.05) is 23.9 Å². The predicted octanol–water partition coefficient (Wildman–Crippen LogP) is 2.98. The van der Waals surface area contributed by atoms with Gasteiger partial charge in [0.15, 0.2) is 6.10 Å². The molecule has 12 nitrogen and oxygen atoms in total. The number of fused-ring (bicyclic) bond motifs is 1. The van der Waals surface area contributed by atoms with Crippen LogP contribution in [0.5, 0.6) is 0 Å². The predicted molar refractivity (Wildman–Crippen MR) is 141 cm³/mol. The average Bonchev–Trinajstić information content (AvgIpc) is 3.34. The van der Waals surface area contributed by atoms with Gasteiger partial charge in [-0.25, -0.2) is 9.86 Å². The summed E-state index contributed by atoms with van der Waals surface area (Å²) in [5, 5.41) is 38.9. The number of ether oxygens (including phenoxy) is 1. The van der Waals surface area contributed by atoms with Crippen molar-refractivity contribution in [2.24, 2.45) is 0 Å². The van der Waals surface area contributed by atoms with Crippen molar-refractivity contribution in [3.63, 3.8) is 0 Å². The molecule has 0 aliphatic rings. The van der Waals surface area contributed by atoms with Crippen molar-refractivity contribution in [1.82, 2.24) is 20.2 Å². The number of esters is 1. The molecule has 3 aromatic carbocycles. The fourth-order valence-electron chi connectivity index (χ4n) is 3.99. The quantitative estimate of drug-likeness (QED) is 0.106. The zero-order valence-electron chi connectivity index (χ0n) is 21.2. The monoisotopic (exact) mass is 568 g/mol. The van der Waals surface area contributed by atoms with Crippen LogP contribution in [0, 0.1) is 0 Å². The minimum atomic E-state index is -1.82. The Balaban J connectivity index is 1.55. The van der Waals surface area contributed by atoms with Gasteiger partial charge in [-0.15, -0.1) is 5.10 Å². The number of aliphatic carboxylic acids is 1. The van der Waals surface area contributed by atoms with E-state index in [1.165, 1.54) is 25.1 Å². The fourth-order valence-corrected chi connectivity index (χ4v) is 4.18. The molecule has 1 heterocycles. The Morgan fingerprint density at radius 2 is 1.80 bits per heavy atom. The molecule has 0 spiro atoms. The number of amides is 1. The van der Waals surface area contributed by atoms with Gasteiger partial charge in [-0.1, -0.05) is 52.8 Å². The van der Waals surface area contributed by atoms with Crippen LogP contribution in [-0.4, -0.2) is 72.4 Å². The maximum atomic E-state index is 13.3. The van der Waals surface area contributed by atoms with Crippen LogP contribution in [0.1, 0.15) is 29.3 Å². The van der Waals surface area contributed by atoms with Crippen molar-refractivity contribution in [3.8, 4) is 11.1 Å². The number of carbonyl (C=O) groups excluding carboxylic acids is 2. The third kappa shape index (κ3) is 6.91. The average molecular weight is 569 g/mol. The molecule has 1 aromatic heterocycles. The molecule has 2 atom stereocenters. The van der Waals surface area contributed by atoms with Crippen LogP contribution >= 0.6 is 11.6 Å². The topological polar surface area (TPSA) is 164 Å². The number of hydroxylamine groups is 2.